The van der Waals surface area contributed by atoms with Gasteiger partial charge in [-0.2, -0.15) is 4.98 Å². The highest BCUT2D eigenvalue weighted by atomic mass is 16.5. The van der Waals surface area contributed by atoms with Crippen molar-refractivity contribution >= 4 is 0 Å². The van der Waals surface area contributed by atoms with Crippen molar-refractivity contribution in [1.82, 2.24) is 15.1 Å². The van der Waals surface area contributed by atoms with Crippen LogP contribution >= 0.6 is 0 Å². The Bertz CT molecular complexity index is 563. The first-order chi connectivity index (χ1) is 8.77. The van der Waals surface area contributed by atoms with Gasteiger partial charge in [0.05, 0.1) is 6.04 Å². The van der Waals surface area contributed by atoms with E-state index in [2.05, 4.69) is 15.1 Å². The molecule has 1 atom stereocenters. The van der Waals surface area contributed by atoms with Crippen LogP contribution in [-0.4, -0.2) is 15.1 Å². The average Bonchev–Trinajstić information content (AvgIpc) is 2.74. The molecule has 0 aliphatic carbocycles. The van der Waals surface area contributed by atoms with Gasteiger partial charge in [-0.25, -0.2) is 0 Å². The maximum Gasteiger partial charge on any atom is 0.244 e. The minimum absolute atomic E-state index is 0.117. The fourth-order valence-electron chi connectivity index (χ4n) is 1.81. The molecule has 0 bridgehead atoms. The average molecular weight is 260 g/mol. The van der Waals surface area contributed by atoms with Crippen molar-refractivity contribution in [3.05, 3.63) is 29.4 Å². The van der Waals surface area contributed by atoms with Gasteiger partial charge in [-0.15, -0.1) is 0 Å². The highest BCUT2D eigenvalue weighted by Gasteiger charge is 2.27. The van der Waals surface area contributed by atoms with Crippen molar-refractivity contribution in [2.45, 2.75) is 40.7 Å². The molecule has 0 aliphatic heterocycles. The summed E-state index contributed by atoms with van der Waals surface area (Å²) in [6, 6.07) is 3.59. The molecule has 2 rings (SSSR count). The molecular formula is C14H20N4O. The van der Waals surface area contributed by atoms with Gasteiger partial charge in [0, 0.05) is 17.0 Å². The molecule has 19 heavy (non-hydrogen) atoms. The van der Waals surface area contributed by atoms with Crippen LogP contribution in [0.2, 0.25) is 0 Å². The molecule has 0 aromatic carbocycles. The molecule has 2 heterocycles. The zero-order valence-electron chi connectivity index (χ0n) is 12.1. The van der Waals surface area contributed by atoms with Crippen molar-refractivity contribution in [3.63, 3.8) is 0 Å². The second-order valence-electron chi connectivity index (χ2n) is 5.94. The summed E-state index contributed by atoms with van der Waals surface area (Å²) >= 11 is 0. The predicted octanol–water partition coefficient (Wildman–Crippen LogP) is 2.79. The Labute approximate surface area is 113 Å². The minimum atomic E-state index is -0.280. The fourth-order valence-corrected chi connectivity index (χ4v) is 1.81. The number of hydrogen-bond donors (Lipinski definition) is 1. The number of nitrogens with zero attached hydrogens (tertiary/aromatic N) is 3. The zero-order valence-corrected chi connectivity index (χ0v) is 12.1. The smallest absolute Gasteiger partial charge is 0.244 e. The molecule has 0 aliphatic rings. The maximum absolute atomic E-state index is 6.11. The number of aromatic nitrogens is 3. The van der Waals surface area contributed by atoms with Gasteiger partial charge >= 0.3 is 0 Å². The standard InChI is InChI=1S/C14H20N4O/c1-8-6-10(7-9(2)16-8)12-17-13(19-18-12)11(15)14(3,4)5/h6-7,11H,15H2,1-5H3/t11-/m0/s1. The molecule has 0 radical (unpaired) electrons. The van der Waals surface area contributed by atoms with Crippen LogP contribution in [0.1, 0.15) is 44.1 Å². The van der Waals surface area contributed by atoms with Gasteiger partial charge in [0.2, 0.25) is 11.7 Å². The molecule has 0 unspecified atom stereocenters. The quantitative estimate of drug-likeness (QED) is 0.898. The predicted molar refractivity (Wildman–Crippen MR) is 73.4 cm³/mol. The number of nitrogens with two attached hydrogens (primary N) is 1. The molecule has 0 saturated heterocycles. The second kappa shape index (κ2) is 4.74. The van der Waals surface area contributed by atoms with Gasteiger partial charge in [-0.1, -0.05) is 25.9 Å². The van der Waals surface area contributed by atoms with Crippen LogP contribution in [-0.2, 0) is 0 Å². The van der Waals surface area contributed by atoms with Crippen LogP contribution in [0, 0.1) is 19.3 Å². The van der Waals surface area contributed by atoms with E-state index >= 15 is 0 Å². The lowest BCUT2D eigenvalue weighted by Crippen LogP contribution is -2.26. The topological polar surface area (TPSA) is 77.8 Å². The molecule has 2 N–H and O–H groups in total. The number of aryl methyl sites for hydroxylation is 2. The van der Waals surface area contributed by atoms with E-state index < -0.39 is 0 Å². The van der Waals surface area contributed by atoms with Crippen LogP contribution in [0.15, 0.2) is 16.7 Å². The molecular weight excluding hydrogens is 240 g/mol. The Morgan fingerprint density at radius 2 is 1.68 bits per heavy atom. The SMILES string of the molecule is Cc1cc(-c2noc([C@H](N)C(C)(C)C)n2)cc(C)n1. The number of rotatable bonds is 2. The highest BCUT2D eigenvalue weighted by molar-refractivity contribution is 5.55. The van der Waals surface area contributed by atoms with E-state index in [1.54, 1.807) is 0 Å². The molecule has 0 fully saturated rings. The Morgan fingerprint density at radius 1 is 1.11 bits per heavy atom. The molecule has 5 heteroatoms. The fraction of sp³-hybridized carbons (Fsp3) is 0.500. The van der Waals surface area contributed by atoms with E-state index in [9.17, 15) is 0 Å². The van der Waals surface area contributed by atoms with Crippen LogP contribution in [0.3, 0.4) is 0 Å². The maximum atomic E-state index is 6.11. The van der Waals surface area contributed by atoms with Gasteiger partial charge in [-0.05, 0) is 31.4 Å². The molecule has 2 aromatic rings. The number of hydrogen-bond acceptors (Lipinski definition) is 5. The molecule has 102 valence electrons. The Balaban J connectivity index is 2.36. The third kappa shape index (κ3) is 2.98. The van der Waals surface area contributed by atoms with Crippen molar-refractivity contribution in [1.29, 1.82) is 0 Å². The van der Waals surface area contributed by atoms with E-state index in [1.165, 1.54) is 0 Å². The first kappa shape index (κ1) is 13.7. The summed E-state index contributed by atoms with van der Waals surface area (Å²) in [5.41, 5.74) is 8.77. The monoisotopic (exact) mass is 260 g/mol. The van der Waals surface area contributed by atoms with Crippen molar-refractivity contribution < 1.29 is 4.52 Å². The first-order valence-electron chi connectivity index (χ1n) is 6.32. The van der Waals surface area contributed by atoms with E-state index in [-0.39, 0.29) is 11.5 Å². The second-order valence-corrected chi connectivity index (χ2v) is 5.94. The summed E-state index contributed by atoms with van der Waals surface area (Å²) in [4.78, 5) is 8.73. The lowest BCUT2D eigenvalue weighted by Gasteiger charge is -2.23. The molecule has 2 aromatic heterocycles. The van der Waals surface area contributed by atoms with Gasteiger partial charge in [0.1, 0.15) is 0 Å². The van der Waals surface area contributed by atoms with Gasteiger partial charge in [-0.3, -0.25) is 4.98 Å². The summed E-state index contributed by atoms with van der Waals surface area (Å²) in [5.74, 6) is 1.03. The Morgan fingerprint density at radius 3 is 2.21 bits per heavy atom. The molecule has 0 amide bonds. The summed E-state index contributed by atoms with van der Waals surface area (Å²) in [6.45, 7) is 10.0. The van der Waals surface area contributed by atoms with Crippen LogP contribution in [0.4, 0.5) is 0 Å². The third-order valence-corrected chi connectivity index (χ3v) is 2.98. The summed E-state index contributed by atoms with van der Waals surface area (Å²) in [7, 11) is 0. The van der Waals surface area contributed by atoms with Gasteiger partial charge in [0.15, 0.2) is 0 Å². The summed E-state index contributed by atoms with van der Waals surface area (Å²) in [5, 5.41) is 4.01. The third-order valence-electron chi connectivity index (χ3n) is 2.98. The van der Waals surface area contributed by atoms with E-state index in [1.807, 2.05) is 46.8 Å². The van der Waals surface area contributed by atoms with Gasteiger partial charge in [0.25, 0.3) is 0 Å². The van der Waals surface area contributed by atoms with Crippen molar-refractivity contribution in [2.24, 2.45) is 11.1 Å². The van der Waals surface area contributed by atoms with Crippen LogP contribution in [0.25, 0.3) is 11.4 Å². The Kier molecular flexibility index (Phi) is 3.41. The summed E-state index contributed by atoms with van der Waals surface area (Å²) in [6.07, 6.45) is 0. The van der Waals surface area contributed by atoms with Crippen LogP contribution < -0.4 is 5.73 Å². The van der Waals surface area contributed by atoms with E-state index in [0.29, 0.717) is 11.7 Å². The zero-order chi connectivity index (χ0) is 14.2. The Hall–Kier alpha value is -1.75. The number of pyridine rings is 1. The van der Waals surface area contributed by atoms with Crippen molar-refractivity contribution in [2.75, 3.05) is 0 Å². The lowest BCUT2D eigenvalue weighted by atomic mass is 9.87. The largest absolute Gasteiger partial charge is 0.337 e. The van der Waals surface area contributed by atoms with Crippen molar-refractivity contribution in [3.8, 4) is 11.4 Å². The molecule has 0 spiro atoms. The van der Waals surface area contributed by atoms with Crippen LogP contribution in [0.5, 0.6) is 0 Å². The van der Waals surface area contributed by atoms with E-state index in [4.69, 9.17) is 10.3 Å². The normalized spacial score (nSPS) is 13.6. The van der Waals surface area contributed by atoms with E-state index in [0.717, 1.165) is 17.0 Å². The lowest BCUT2D eigenvalue weighted by molar-refractivity contribution is 0.253. The molecule has 5 nitrogen and oxygen atoms in total. The minimum Gasteiger partial charge on any atom is -0.337 e. The first-order valence-corrected chi connectivity index (χ1v) is 6.32. The summed E-state index contributed by atoms with van der Waals surface area (Å²) < 4.78 is 5.28. The molecule has 0 saturated carbocycles. The van der Waals surface area contributed by atoms with Gasteiger partial charge < -0.3 is 10.3 Å². The highest BCUT2D eigenvalue weighted by Crippen LogP contribution is 2.30.